The number of rotatable bonds is 8. The summed E-state index contributed by atoms with van der Waals surface area (Å²) in [6, 6.07) is 11.8. The zero-order valence-electron chi connectivity index (χ0n) is 21.9. The van der Waals surface area contributed by atoms with Gasteiger partial charge in [-0.1, -0.05) is 37.3 Å². The Hall–Kier alpha value is -2.75. The van der Waals surface area contributed by atoms with Crippen molar-refractivity contribution >= 4 is 34.9 Å². The Balaban J connectivity index is 1.70. The van der Waals surface area contributed by atoms with Gasteiger partial charge in [-0.2, -0.15) is 0 Å². The molecule has 37 heavy (non-hydrogen) atoms. The molecule has 1 aromatic heterocycles. The van der Waals surface area contributed by atoms with Crippen LogP contribution in [-0.4, -0.2) is 57.4 Å². The maximum atomic E-state index is 14.1. The Morgan fingerprint density at radius 3 is 2.35 bits per heavy atom. The third-order valence-corrected chi connectivity index (χ3v) is 8.76. The fraction of sp³-hybridized carbons (Fsp3) is 0.536. The Morgan fingerprint density at radius 2 is 1.70 bits per heavy atom. The van der Waals surface area contributed by atoms with Crippen molar-refractivity contribution in [3.8, 4) is 10.4 Å². The standard InChI is InChI=1S/C28H37N3O5S/c1-19-8-10-21(11-9-19)27(33)31(22-12-14-30(2)15-13-22)23-16-24(20-6-4-3-5-7-20)37-26(23)28(34)36-18-35-25(32)17-29/h3-7,16,19,21-22H,8-15,17-18,29H2,1-2H3/p+2. The zero-order valence-corrected chi connectivity index (χ0v) is 22.7. The van der Waals surface area contributed by atoms with Crippen LogP contribution in [0.5, 0.6) is 0 Å². The van der Waals surface area contributed by atoms with Crippen molar-refractivity contribution in [2.75, 3.05) is 38.4 Å². The van der Waals surface area contributed by atoms with Gasteiger partial charge < -0.3 is 25.0 Å². The second-order valence-electron chi connectivity index (χ2n) is 10.4. The topological polar surface area (TPSA) is 105 Å². The average molecular weight is 530 g/mol. The van der Waals surface area contributed by atoms with E-state index >= 15 is 0 Å². The van der Waals surface area contributed by atoms with Gasteiger partial charge in [-0.3, -0.25) is 4.79 Å². The number of quaternary nitrogens is 2. The van der Waals surface area contributed by atoms with Crippen LogP contribution in [0.15, 0.2) is 36.4 Å². The molecule has 2 aromatic rings. The number of nitrogens with zero attached hydrogens (tertiary/aromatic N) is 1. The summed E-state index contributed by atoms with van der Waals surface area (Å²) in [5, 5.41) is 0. The minimum absolute atomic E-state index is 0.0318. The summed E-state index contributed by atoms with van der Waals surface area (Å²) < 4.78 is 10.3. The molecule has 1 aliphatic carbocycles. The number of likely N-dealkylation sites (tertiary alicyclic amines) is 1. The van der Waals surface area contributed by atoms with Crippen LogP contribution in [-0.2, 0) is 19.1 Å². The van der Waals surface area contributed by atoms with Crippen molar-refractivity contribution in [2.24, 2.45) is 11.8 Å². The lowest BCUT2D eigenvalue weighted by atomic mass is 9.82. The maximum absolute atomic E-state index is 14.1. The van der Waals surface area contributed by atoms with Crippen LogP contribution in [0.4, 0.5) is 5.69 Å². The summed E-state index contributed by atoms with van der Waals surface area (Å²) in [5.41, 5.74) is 5.07. The quantitative estimate of drug-likeness (QED) is 0.403. The normalized spacial score (nSPS) is 23.8. The Labute approximate surface area is 222 Å². The second kappa shape index (κ2) is 12.7. The van der Waals surface area contributed by atoms with Gasteiger partial charge in [0.2, 0.25) is 12.7 Å². The molecule has 1 amide bonds. The SMILES string of the molecule is CC1CCC(C(=O)N(c2cc(-c3ccccc3)sc2C(=O)OCOC(=O)C[NH3+])C2CC[NH+](C)CC2)CC1. The summed E-state index contributed by atoms with van der Waals surface area (Å²) >= 11 is 1.32. The van der Waals surface area contributed by atoms with Gasteiger partial charge >= 0.3 is 11.9 Å². The molecule has 4 N–H and O–H groups in total. The molecule has 200 valence electrons. The summed E-state index contributed by atoms with van der Waals surface area (Å²) in [6.45, 7) is 3.69. The molecule has 9 heteroatoms. The molecule has 2 heterocycles. The lowest BCUT2D eigenvalue weighted by molar-refractivity contribution is -0.884. The molecular weight excluding hydrogens is 490 g/mol. The Bertz CT molecular complexity index is 1070. The molecule has 1 saturated carbocycles. The predicted octanol–water partition coefficient (Wildman–Crippen LogP) is 2.15. The monoisotopic (exact) mass is 529 g/mol. The zero-order chi connectivity index (χ0) is 26.4. The first kappa shape index (κ1) is 27.3. The van der Waals surface area contributed by atoms with E-state index in [1.54, 1.807) is 0 Å². The first-order valence-electron chi connectivity index (χ1n) is 13.3. The van der Waals surface area contributed by atoms with Crippen molar-refractivity contribution in [1.29, 1.82) is 0 Å². The van der Waals surface area contributed by atoms with E-state index in [1.807, 2.05) is 41.3 Å². The van der Waals surface area contributed by atoms with Crippen molar-refractivity contribution < 1.29 is 34.5 Å². The van der Waals surface area contributed by atoms with Crippen LogP contribution in [0.3, 0.4) is 0 Å². The van der Waals surface area contributed by atoms with Gasteiger partial charge in [0.05, 0.1) is 25.8 Å². The van der Waals surface area contributed by atoms with Crippen molar-refractivity contribution in [3.63, 3.8) is 0 Å². The molecule has 2 fully saturated rings. The summed E-state index contributed by atoms with van der Waals surface area (Å²) in [5.74, 6) is -0.410. The number of nitrogens with one attached hydrogen (secondary N) is 1. The summed E-state index contributed by atoms with van der Waals surface area (Å²) in [7, 11) is 2.18. The van der Waals surface area contributed by atoms with Gasteiger partial charge in [-0.15, -0.1) is 11.3 Å². The van der Waals surface area contributed by atoms with Gasteiger partial charge in [0.1, 0.15) is 4.88 Å². The molecule has 4 rings (SSSR count). The van der Waals surface area contributed by atoms with Gasteiger partial charge in [0.15, 0.2) is 6.54 Å². The lowest BCUT2D eigenvalue weighted by Gasteiger charge is -2.38. The molecule has 0 atom stereocenters. The number of benzene rings is 1. The van der Waals surface area contributed by atoms with Crippen molar-refractivity contribution in [2.45, 2.75) is 51.5 Å². The Morgan fingerprint density at radius 1 is 1.03 bits per heavy atom. The third-order valence-electron chi connectivity index (χ3n) is 7.61. The molecule has 0 radical (unpaired) electrons. The van der Waals surface area contributed by atoms with Crippen LogP contribution < -0.4 is 15.5 Å². The van der Waals surface area contributed by atoms with E-state index in [0.717, 1.165) is 62.1 Å². The van der Waals surface area contributed by atoms with Gasteiger partial charge in [0.25, 0.3) is 0 Å². The predicted molar refractivity (Wildman–Crippen MR) is 142 cm³/mol. The molecule has 1 aliphatic heterocycles. The maximum Gasteiger partial charge on any atom is 0.364 e. The number of carbonyl (C=O) groups excluding carboxylic acids is 3. The average Bonchev–Trinajstić information content (AvgIpc) is 3.35. The lowest BCUT2D eigenvalue weighted by Crippen LogP contribution is -3.10. The molecular formula is C28H39N3O5S+2. The number of anilines is 1. The number of hydrogen-bond donors (Lipinski definition) is 2. The van der Waals surface area contributed by atoms with E-state index in [9.17, 15) is 14.4 Å². The minimum atomic E-state index is -0.590. The van der Waals surface area contributed by atoms with E-state index in [0.29, 0.717) is 16.5 Å². The highest BCUT2D eigenvalue weighted by Gasteiger charge is 2.38. The summed E-state index contributed by atoms with van der Waals surface area (Å²) in [4.78, 5) is 43.6. The number of hydrogen-bond acceptors (Lipinski definition) is 6. The number of ether oxygens (including phenoxy) is 2. The first-order chi connectivity index (χ1) is 17.9. The molecule has 0 spiro atoms. The van der Waals surface area contributed by atoms with E-state index < -0.39 is 18.7 Å². The van der Waals surface area contributed by atoms with Gasteiger partial charge in [-0.25, -0.2) is 9.59 Å². The number of piperidine rings is 1. The largest absolute Gasteiger partial charge is 0.424 e. The van der Waals surface area contributed by atoms with Crippen LogP contribution in [0.25, 0.3) is 10.4 Å². The van der Waals surface area contributed by atoms with Crippen LogP contribution >= 0.6 is 11.3 Å². The van der Waals surface area contributed by atoms with Gasteiger partial charge in [0, 0.05) is 29.7 Å². The molecule has 0 unspecified atom stereocenters. The molecule has 0 bridgehead atoms. The van der Waals surface area contributed by atoms with E-state index in [4.69, 9.17) is 9.47 Å². The van der Waals surface area contributed by atoms with Gasteiger partial charge in [-0.05, 0) is 43.2 Å². The highest BCUT2D eigenvalue weighted by atomic mass is 32.1. The van der Waals surface area contributed by atoms with E-state index in [-0.39, 0.29) is 24.4 Å². The fourth-order valence-corrected chi connectivity index (χ4v) is 6.34. The highest BCUT2D eigenvalue weighted by Crippen LogP contribution is 2.41. The van der Waals surface area contributed by atoms with Crippen LogP contribution in [0.2, 0.25) is 0 Å². The van der Waals surface area contributed by atoms with Crippen LogP contribution in [0.1, 0.15) is 55.1 Å². The number of amides is 1. The minimum Gasteiger partial charge on any atom is -0.424 e. The van der Waals surface area contributed by atoms with E-state index in [1.165, 1.54) is 16.2 Å². The first-order valence-corrected chi connectivity index (χ1v) is 14.1. The summed E-state index contributed by atoms with van der Waals surface area (Å²) in [6.07, 6.45) is 5.62. The molecule has 1 aromatic carbocycles. The van der Waals surface area contributed by atoms with Crippen molar-refractivity contribution in [1.82, 2.24) is 0 Å². The smallest absolute Gasteiger partial charge is 0.364 e. The molecule has 8 nitrogen and oxygen atoms in total. The fourth-order valence-electron chi connectivity index (χ4n) is 5.29. The highest BCUT2D eigenvalue weighted by molar-refractivity contribution is 7.18. The van der Waals surface area contributed by atoms with E-state index in [2.05, 4.69) is 19.7 Å². The number of carbonyl (C=O) groups is 3. The third kappa shape index (κ3) is 6.77. The van der Waals surface area contributed by atoms with Crippen LogP contribution in [0, 0.1) is 11.8 Å². The second-order valence-corrected chi connectivity index (χ2v) is 11.4. The molecule has 2 aliphatic rings. The number of esters is 2. The molecule has 1 saturated heterocycles. The number of thiophene rings is 1. The van der Waals surface area contributed by atoms with Crippen molar-refractivity contribution in [3.05, 3.63) is 41.3 Å². The Kier molecular flexibility index (Phi) is 9.34.